The highest BCUT2D eigenvalue weighted by molar-refractivity contribution is 7.21. The maximum atomic E-state index is 12.5. The lowest BCUT2D eigenvalue weighted by atomic mass is 10.1. The van der Waals surface area contributed by atoms with Crippen molar-refractivity contribution in [3.63, 3.8) is 0 Å². The maximum absolute atomic E-state index is 12.5. The van der Waals surface area contributed by atoms with Crippen molar-refractivity contribution < 1.29 is 19.1 Å². The van der Waals surface area contributed by atoms with Crippen LogP contribution in [0.5, 0.6) is 0 Å². The second kappa shape index (κ2) is 5.93. The van der Waals surface area contributed by atoms with Gasteiger partial charge in [0.25, 0.3) is 17.4 Å². The number of nitrogens with two attached hydrogens (primary N) is 1. The Morgan fingerprint density at radius 2 is 1.96 bits per heavy atom. The second-order valence-corrected chi connectivity index (χ2v) is 7.12. The number of anilines is 1. The van der Waals surface area contributed by atoms with Gasteiger partial charge in [0.05, 0.1) is 28.9 Å². The third kappa shape index (κ3) is 2.43. The van der Waals surface area contributed by atoms with Gasteiger partial charge in [0, 0.05) is 16.2 Å². The van der Waals surface area contributed by atoms with E-state index >= 15 is 0 Å². The van der Waals surface area contributed by atoms with Crippen LogP contribution >= 0.6 is 22.9 Å². The highest BCUT2D eigenvalue weighted by Crippen LogP contribution is 2.37. The van der Waals surface area contributed by atoms with Crippen LogP contribution in [0.15, 0.2) is 29.1 Å². The second-order valence-electron chi connectivity index (χ2n) is 5.69. The lowest BCUT2D eigenvalue weighted by Gasteiger charge is -2.11. The molecule has 0 atom stereocenters. The molecule has 0 unspecified atom stereocenters. The fourth-order valence-corrected chi connectivity index (χ4v) is 4.42. The molecule has 2 aromatic heterocycles. The number of aromatic nitrogens is 1. The van der Waals surface area contributed by atoms with Gasteiger partial charge in [-0.05, 0) is 18.2 Å². The molecular formula is C17H10ClN3O5S. The molecule has 136 valence electrons. The summed E-state index contributed by atoms with van der Waals surface area (Å²) in [6.07, 6.45) is 0. The number of nitrogens with zero attached hydrogens (tertiary/aromatic N) is 1. The van der Waals surface area contributed by atoms with Crippen molar-refractivity contribution in [2.24, 2.45) is 0 Å². The predicted octanol–water partition coefficient (Wildman–Crippen LogP) is 1.96. The number of hydrogen-bond donors (Lipinski definition) is 2. The topological polar surface area (TPSA) is 120 Å². The molecule has 0 saturated carbocycles. The zero-order valence-electron chi connectivity index (χ0n) is 13.7. The molecule has 1 aliphatic heterocycles. The summed E-state index contributed by atoms with van der Waals surface area (Å²) in [5, 5.41) is 2.99. The number of carbonyl (C=O) groups is 3. The summed E-state index contributed by atoms with van der Waals surface area (Å²) in [5.41, 5.74) is 5.74. The SMILES string of the molecule is COC(=O)c1sc2cc(-n3c(N)c4c(cc3=O)C(=O)NC4=O)ccc2c1Cl. The number of imide groups is 1. The Morgan fingerprint density at radius 1 is 1.22 bits per heavy atom. The Bertz CT molecular complexity index is 1240. The standard InChI is InChI=1S/C17H10ClN3O5S/c1-26-17(25)13-12(18)7-3-2-6(4-9(7)27-13)21-10(22)5-8-11(14(21)19)16(24)20-15(8)23/h2-5H,19H2,1H3,(H,20,23,24). The minimum atomic E-state index is -0.658. The van der Waals surface area contributed by atoms with Gasteiger partial charge in [-0.25, -0.2) is 4.79 Å². The first kappa shape index (κ1) is 17.3. The van der Waals surface area contributed by atoms with Gasteiger partial charge < -0.3 is 10.5 Å². The molecule has 8 nitrogen and oxygen atoms in total. The first-order chi connectivity index (χ1) is 12.8. The lowest BCUT2D eigenvalue weighted by molar-refractivity contribution is 0.0606. The van der Waals surface area contributed by atoms with Crippen LogP contribution in [0.2, 0.25) is 5.02 Å². The van der Waals surface area contributed by atoms with E-state index in [-0.39, 0.29) is 26.8 Å². The number of halogens is 1. The molecular weight excluding hydrogens is 394 g/mol. The third-order valence-electron chi connectivity index (χ3n) is 4.20. The summed E-state index contributed by atoms with van der Waals surface area (Å²) >= 11 is 7.34. The Labute approximate surface area is 160 Å². The molecule has 27 heavy (non-hydrogen) atoms. The van der Waals surface area contributed by atoms with E-state index in [1.165, 1.54) is 7.11 Å². The van der Waals surface area contributed by atoms with Gasteiger partial charge in [-0.15, -0.1) is 11.3 Å². The Hall–Kier alpha value is -3.17. The van der Waals surface area contributed by atoms with Gasteiger partial charge in [0.15, 0.2) is 0 Å². The molecule has 3 aromatic rings. The fraction of sp³-hybridized carbons (Fsp3) is 0.0588. The van der Waals surface area contributed by atoms with Crippen LogP contribution in [-0.2, 0) is 4.74 Å². The van der Waals surface area contributed by atoms with Gasteiger partial charge in [0.2, 0.25) is 0 Å². The summed E-state index contributed by atoms with van der Waals surface area (Å²) in [4.78, 5) is 48.3. The van der Waals surface area contributed by atoms with E-state index in [4.69, 9.17) is 22.1 Å². The number of pyridine rings is 1. The quantitative estimate of drug-likeness (QED) is 0.498. The summed E-state index contributed by atoms with van der Waals surface area (Å²) < 4.78 is 6.46. The highest BCUT2D eigenvalue weighted by atomic mass is 35.5. The van der Waals surface area contributed by atoms with E-state index in [9.17, 15) is 19.2 Å². The molecule has 0 fully saturated rings. The van der Waals surface area contributed by atoms with Crippen molar-refractivity contribution in [2.75, 3.05) is 12.8 Å². The molecule has 1 aliphatic rings. The molecule has 0 aliphatic carbocycles. The molecule has 0 spiro atoms. The zero-order chi connectivity index (χ0) is 19.5. The first-order valence-corrected chi connectivity index (χ1v) is 8.75. The number of ether oxygens (including phenoxy) is 1. The van der Waals surface area contributed by atoms with E-state index in [2.05, 4.69) is 5.32 Å². The van der Waals surface area contributed by atoms with Gasteiger partial charge in [0.1, 0.15) is 10.7 Å². The van der Waals surface area contributed by atoms with Crippen molar-refractivity contribution in [2.45, 2.75) is 0 Å². The van der Waals surface area contributed by atoms with Crippen LogP contribution in [0.25, 0.3) is 15.8 Å². The average molecular weight is 404 g/mol. The number of carbonyl (C=O) groups excluding carboxylic acids is 3. The Kier molecular flexibility index (Phi) is 3.79. The number of amides is 2. The van der Waals surface area contributed by atoms with Crippen molar-refractivity contribution in [3.8, 4) is 5.69 Å². The number of methoxy groups -OCH3 is 1. The minimum Gasteiger partial charge on any atom is -0.465 e. The van der Waals surface area contributed by atoms with Crippen molar-refractivity contribution in [1.82, 2.24) is 9.88 Å². The third-order valence-corrected chi connectivity index (χ3v) is 5.83. The molecule has 0 bridgehead atoms. The molecule has 0 radical (unpaired) electrons. The zero-order valence-corrected chi connectivity index (χ0v) is 15.2. The van der Waals surface area contributed by atoms with E-state index < -0.39 is 23.3 Å². The molecule has 2 amide bonds. The number of benzene rings is 1. The summed E-state index contributed by atoms with van der Waals surface area (Å²) in [7, 11) is 1.26. The summed E-state index contributed by atoms with van der Waals surface area (Å²) in [6, 6.07) is 5.91. The molecule has 4 rings (SSSR count). The van der Waals surface area contributed by atoms with Crippen molar-refractivity contribution in [3.05, 3.63) is 55.6 Å². The van der Waals surface area contributed by atoms with E-state index in [0.29, 0.717) is 15.8 Å². The van der Waals surface area contributed by atoms with Gasteiger partial charge in [-0.1, -0.05) is 11.6 Å². The van der Waals surface area contributed by atoms with Gasteiger partial charge in [-0.3, -0.25) is 24.3 Å². The molecule has 3 N–H and O–H groups in total. The smallest absolute Gasteiger partial charge is 0.349 e. The largest absolute Gasteiger partial charge is 0.465 e. The lowest BCUT2D eigenvalue weighted by Crippen LogP contribution is -2.24. The fourth-order valence-electron chi connectivity index (χ4n) is 2.96. The number of fused-ring (bicyclic) bond motifs is 2. The first-order valence-electron chi connectivity index (χ1n) is 7.55. The number of nitrogen functional groups attached to an aromatic ring is 1. The highest BCUT2D eigenvalue weighted by Gasteiger charge is 2.32. The van der Waals surface area contributed by atoms with Crippen LogP contribution in [0, 0.1) is 0 Å². The van der Waals surface area contributed by atoms with Crippen LogP contribution in [-0.4, -0.2) is 29.5 Å². The summed E-state index contributed by atoms with van der Waals surface area (Å²) in [6.45, 7) is 0. The summed E-state index contributed by atoms with van der Waals surface area (Å²) in [5.74, 6) is -2.02. The van der Waals surface area contributed by atoms with Crippen molar-refractivity contribution in [1.29, 1.82) is 0 Å². The van der Waals surface area contributed by atoms with Crippen molar-refractivity contribution >= 4 is 56.6 Å². The van der Waals surface area contributed by atoms with Crippen LogP contribution in [0.4, 0.5) is 5.82 Å². The molecule has 0 saturated heterocycles. The van der Waals surface area contributed by atoms with Crippen LogP contribution in [0.3, 0.4) is 0 Å². The van der Waals surface area contributed by atoms with Gasteiger partial charge in [-0.2, -0.15) is 0 Å². The molecule has 10 heteroatoms. The predicted molar refractivity (Wildman–Crippen MR) is 100.0 cm³/mol. The molecule has 3 heterocycles. The Morgan fingerprint density at radius 3 is 2.67 bits per heavy atom. The molecule has 1 aromatic carbocycles. The number of nitrogens with one attached hydrogen (secondary N) is 1. The van der Waals surface area contributed by atoms with E-state index in [1.54, 1.807) is 18.2 Å². The van der Waals surface area contributed by atoms with E-state index in [0.717, 1.165) is 22.0 Å². The number of hydrogen-bond acceptors (Lipinski definition) is 7. The minimum absolute atomic E-state index is 0.0424. The monoisotopic (exact) mass is 403 g/mol. The maximum Gasteiger partial charge on any atom is 0.349 e. The average Bonchev–Trinajstić information content (AvgIpc) is 3.11. The number of thiophene rings is 1. The number of rotatable bonds is 2. The van der Waals surface area contributed by atoms with Crippen LogP contribution < -0.4 is 16.6 Å². The number of esters is 1. The van der Waals surface area contributed by atoms with E-state index in [1.807, 2.05) is 0 Å². The van der Waals surface area contributed by atoms with Gasteiger partial charge >= 0.3 is 5.97 Å². The normalized spacial score (nSPS) is 13.0. The van der Waals surface area contributed by atoms with Crippen LogP contribution in [0.1, 0.15) is 30.4 Å². The Balaban J connectivity index is 1.95.